The Morgan fingerprint density at radius 1 is 1.10 bits per heavy atom. The van der Waals surface area contributed by atoms with Crippen LogP contribution in [-0.2, 0) is 19.4 Å². The molecule has 0 saturated carbocycles. The lowest BCUT2D eigenvalue weighted by Crippen LogP contribution is -2.35. The Labute approximate surface area is 125 Å². The molecular weight excluding hydrogens is 266 g/mol. The van der Waals surface area contributed by atoms with Gasteiger partial charge in [0.1, 0.15) is 10.0 Å². The number of nitrogens with zero attached hydrogens (tertiary/aromatic N) is 2. The lowest BCUT2D eigenvalue weighted by Gasteiger charge is -2.19. The summed E-state index contributed by atoms with van der Waals surface area (Å²) in [6.07, 6.45) is 2.00. The van der Waals surface area contributed by atoms with Gasteiger partial charge in [-0.05, 0) is 39.7 Å². The number of aromatic nitrogens is 2. The topological polar surface area (TPSA) is 37.8 Å². The first-order chi connectivity index (χ1) is 9.42. The molecule has 0 saturated heterocycles. The molecule has 0 aliphatic rings. The zero-order valence-corrected chi connectivity index (χ0v) is 13.5. The predicted molar refractivity (Wildman–Crippen MR) is 85.1 cm³/mol. The lowest BCUT2D eigenvalue weighted by molar-refractivity contribution is 0.423. The minimum Gasteiger partial charge on any atom is -0.306 e. The molecule has 0 fully saturated rings. The van der Waals surface area contributed by atoms with Crippen molar-refractivity contribution in [2.75, 3.05) is 0 Å². The van der Waals surface area contributed by atoms with E-state index < -0.39 is 0 Å². The van der Waals surface area contributed by atoms with Crippen molar-refractivity contribution in [3.63, 3.8) is 0 Å². The van der Waals surface area contributed by atoms with Crippen LogP contribution in [0.4, 0.5) is 0 Å². The first-order valence-electron chi connectivity index (χ1n) is 7.04. The Morgan fingerprint density at radius 2 is 1.85 bits per heavy atom. The molecule has 0 unspecified atom stereocenters. The van der Waals surface area contributed by atoms with Gasteiger partial charge in [-0.15, -0.1) is 21.5 Å². The van der Waals surface area contributed by atoms with Gasteiger partial charge >= 0.3 is 0 Å². The van der Waals surface area contributed by atoms with Crippen LogP contribution in [0.1, 0.15) is 41.9 Å². The van der Waals surface area contributed by atoms with Gasteiger partial charge in [-0.3, -0.25) is 0 Å². The second-order valence-electron chi connectivity index (χ2n) is 6.18. The van der Waals surface area contributed by atoms with Crippen molar-refractivity contribution < 1.29 is 0 Å². The molecule has 0 radical (unpaired) electrons. The van der Waals surface area contributed by atoms with Crippen LogP contribution >= 0.6 is 11.3 Å². The summed E-state index contributed by atoms with van der Waals surface area (Å²) in [4.78, 5) is 0. The SMILES string of the molecule is Cc1cccc(CCc2nnc(CNC(C)(C)C)s2)c1. The maximum absolute atomic E-state index is 4.28. The van der Waals surface area contributed by atoms with Crippen molar-refractivity contribution in [2.45, 2.75) is 52.6 Å². The second kappa shape index (κ2) is 6.46. The summed E-state index contributed by atoms with van der Waals surface area (Å²) in [6, 6.07) is 8.66. The number of aryl methyl sites for hydroxylation is 3. The van der Waals surface area contributed by atoms with Crippen LogP contribution in [0.3, 0.4) is 0 Å². The summed E-state index contributed by atoms with van der Waals surface area (Å²) in [7, 11) is 0. The number of hydrogen-bond donors (Lipinski definition) is 1. The zero-order chi connectivity index (χ0) is 14.6. The van der Waals surface area contributed by atoms with E-state index in [4.69, 9.17) is 0 Å². The third-order valence-electron chi connectivity index (χ3n) is 2.99. The molecule has 108 valence electrons. The molecule has 2 rings (SSSR count). The minimum absolute atomic E-state index is 0.118. The minimum atomic E-state index is 0.118. The van der Waals surface area contributed by atoms with Gasteiger partial charge in [-0.1, -0.05) is 29.8 Å². The highest BCUT2D eigenvalue weighted by molar-refractivity contribution is 7.11. The molecule has 0 aliphatic heterocycles. The molecule has 1 aromatic heterocycles. The van der Waals surface area contributed by atoms with E-state index in [1.165, 1.54) is 11.1 Å². The van der Waals surface area contributed by atoms with Crippen molar-refractivity contribution >= 4 is 11.3 Å². The van der Waals surface area contributed by atoms with Crippen LogP contribution < -0.4 is 5.32 Å². The van der Waals surface area contributed by atoms with Crippen molar-refractivity contribution in [1.29, 1.82) is 0 Å². The number of benzene rings is 1. The Hall–Kier alpha value is -1.26. The molecule has 2 aromatic rings. The van der Waals surface area contributed by atoms with E-state index in [9.17, 15) is 0 Å². The summed E-state index contributed by atoms with van der Waals surface area (Å²) in [6.45, 7) is 9.41. The first-order valence-corrected chi connectivity index (χ1v) is 7.86. The lowest BCUT2D eigenvalue weighted by atomic mass is 10.1. The van der Waals surface area contributed by atoms with Crippen molar-refractivity contribution in [1.82, 2.24) is 15.5 Å². The van der Waals surface area contributed by atoms with E-state index >= 15 is 0 Å². The highest BCUT2D eigenvalue weighted by Gasteiger charge is 2.11. The maximum Gasteiger partial charge on any atom is 0.131 e. The van der Waals surface area contributed by atoms with Gasteiger partial charge in [0.2, 0.25) is 0 Å². The van der Waals surface area contributed by atoms with Crippen molar-refractivity contribution in [3.05, 3.63) is 45.4 Å². The van der Waals surface area contributed by atoms with E-state index in [0.717, 1.165) is 29.4 Å². The Morgan fingerprint density at radius 3 is 2.55 bits per heavy atom. The molecule has 3 nitrogen and oxygen atoms in total. The molecule has 4 heteroatoms. The maximum atomic E-state index is 4.28. The van der Waals surface area contributed by atoms with Crippen LogP contribution in [0.2, 0.25) is 0 Å². The summed E-state index contributed by atoms with van der Waals surface area (Å²) < 4.78 is 0. The fourth-order valence-corrected chi connectivity index (χ4v) is 2.70. The summed E-state index contributed by atoms with van der Waals surface area (Å²) in [5.74, 6) is 0. The van der Waals surface area contributed by atoms with Crippen LogP contribution in [0.5, 0.6) is 0 Å². The number of hydrogen-bond acceptors (Lipinski definition) is 4. The molecule has 20 heavy (non-hydrogen) atoms. The molecule has 1 N–H and O–H groups in total. The van der Waals surface area contributed by atoms with Gasteiger partial charge < -0.3 is 5.32 Å². The van der Waals surface area contributed by atoms with E-state index in [-0.39, 0.29) is 5.54 Å². The zero-order valence-electron chi connectivity index (χ0n) is 12.7. The molecule has 0 aliphatic carbocycles. The van der Waals surface area contributed by atoms with E-state index in [1.54, 1.807) is 11.3 Å². The van der Waals surface area contributed by atoms with Crippen LogP contribution in [0, 0.1) is 6.92 Å². The van der Waals surface area contributed by atoms with E-state index in [1.807, 2.05) is 0 Å². The molecule has 0 spiro atoms. The quantitative estimate of drug-likeness (QED) is 0.915. The highest BCUT2D eigenvalue weighted by Crippen LogP contribution is 2.14. The van der Waals surface area contributed by atoms with Gasteiger partial charge in [0.05, 0.1) is 6.54 Å². The van der Waals surface area contributed by atoms with Gasteiger partial charge in [-0.2, -0.15) is 0 Å². The molecule has 1 heterocycles. The average molecular weight is 289 g/mol. The van der Waals surface area contributed by atoms with Crippen molar-refractivity contribution in [2.24, 2.45) is 0 Å². The highest BCUT2D eigenvalue weighted by atomic mass is 32.1. The van der Waals surface area contributed by atoms with Crippen LogP contribution in [0.25, 0.3) is 0 Å². The van der Waals surface area contributed by atoms with E-state index in [2.05, 4.69) is 67.5 Å². The summed E-state index contributed by atoms with van der Waals surface area (Å²) in [5, 5.41) is 14.2. The number of nitrogens with one attached hydrogen (secondary N) is 1. The monoisotopic (exact) mass is 289 g/mol. The van der Waals surface area contributed by atoms with Gasteiger partial charge in [0.25, 0.3) is 0 Å². The molecule has 0 bridgehead atoms. The van der Waals surface area contributed by atoms with Gasteiger partial charge in [-0.25, -0.2) is 0 Å². The number of rotatable bonds is 5. The average Bonchev–Trinajstić information content (AvgIpc) is 2.81. The summed E-state index contributed by atoms with van der Waals surface area (Å²) >= 11 is 1.71. The smallest absolute Gasteiger partial charge is 0.131 e. The first kappa shape index (κ1) is 15.1. The fraction of sp³-hybridized carbons (Fsp3) is 0.500. The molecular formula is C16H23N3S. The van der Waals surface area contributed by atoms with Gasteiger partial charge in [0, 0.05) is 12.0 Å². The van der Waals surface area contributed by atoms with Crippen molar-refractivity contribution in [3.8, 4) is 0 Å². The molecule has 0 atom stereocenters. The predicted octanol–water partition coefficient (Wildman–Crippen LogP) is 3.52. The van der Waals surface area contributed by atoms with E-state index in [0.29, 0.717) is 0 Å². The van der Waals surface area contributed by atoms with Gasteiger partial charge in [0.15, 0.2) is 0 Å². The van der Waals surface area contributed by atoms with Crippen LogP contribution in [0.15, 0.2) is 24.3 Å². The van der Waals surface area contributed by atoms with Crippen LogP contribution in [-0.4, -0.2) is 15.7 Å². The Bertz CT molecular complexity index is 555. The normalized spacial score (nSPS) is 11.8. The molecule has 0 amide bonds. The third-order valence-corrected chi connectivity index (χ3v) is 3.97. The second-order valence-corrected chi connectivity index (χ2v) is 7.33. The largest absolute Gasteiger partial charge is 0.306 e. The Kier molecular flexibility index (Phi) is 4.89. The Balaban J connectivity index is 1.87. The fourth-order valence-electron chi connectivity index (χ4n) is 1.92. The third kappa shape index (κ3) is 5.02. The molecule has 1 aromatic carbocycles. The summed E-state index contributed by atoms with van der Waals surface area (Å²) in [5.41, 5.74) is 2.80. The standard InChI is InChI=1S/C16H23N3S/c1-12-6-5-7-13(10-12)8-9-14-18-19-15(20-14)11-17-16(2,3)4/h5-7,10,17H,8-9,11H2,1-4H3.